The molecule has 0 fully saturated rings. The number of rotatable bonds is 6. The van der Waals surface area contributed by atoms with Crippen molar-refractivity contribution in [2.45, 2.75) is 27.2 Å². The van der Waals surface area contributed by atoms with E-state index in [4.69, 9.17) is 10.5 Å². The van der Waals surface area contributed by atoms with Crippen LogP contribution in [0.15, 0.2) is 0 Å². The summed E-state index contributed by atoms with van der Waals surface area (Å²) in [5.74, 6) is -0.850. The Labute approximate surface area is 118 Å². The number of anilines is 1. The third-order valence-corrected chi connectivity index (χ3v) is 3.13. The molecule has 1 aromatic rings. The van der Waals surface area contributed by atoms with E-state index in [-0.39, 0.29) is 18.2 Å². The summed E-state index contributed by atoms with van der Waals surface area (Å²) in [7, 11) is 1.62. The molecule has 0 aliphatic carbocycles. The molecule has 0 aromatic carbocycles. The predicted octanol–water partition coefficient (Wildman–Crippen LogP) is 0.590. The van der Waals surface area contributed by atoms with E-state index in [0.717, 1.165) is 0 Å². The fourth-order valence-electron chi connectivity index (χ4n) is 1.96. The summed E-state index contributed by atoms with van der Waals surface area (Å²) < 4.78 is 6.41. The molecular formula is C13H22N4O3. The van der Waals surface area contributed by atoms with Gasteiger partial charge in [0, 0.05) is 20.1 Å². The molecule has 0 saturated heterocycles. The van der Waals surface area contributed by atoms with Crippen LogP contribution in [0.5, 0.6) is 0 Å². The number of hydrogen-bond donors (Lipinski definition) is 1. The van der Waals surface area contributed by atoms with Crippen molar-refractivity contribution in [2.24, 2.45) is 7.05 Å². The zero-order valence-corrected chi connectivity index (χ0v) is 12.5. The summed E-state index contributed by atoms with van der Waals surface area (Å²) in [5, 5.41) is 4.14. The largest absolute Gasteiger partial charge is 0.451 e. The van der Waals surface area contributed by atoms with Gasteiger partial charge in [-0.25, -0.2) is 4.79 Å². The second kappa shape index (κ2) is 6.93. The van der Waals surface area contributed by atoms with Gasteiger partial charge in [-0.1, -0.05) is 6.92 Å². The van der Waals surface area contributed by atoms with Crippen LogP contribution >= 0.6 is 0 Å². The van der Waals surface area contributed by atoms with E-state index >= 15 is 0 Å². The van der Waals surface area contributed by atoms with E-state index in [1.54, 1.807) is 11.9 Å². The van der Waals surface area contributed by atoms with Gasteiger partial charge < -0.3 is 15.4 Å². The maximum atomic E-state index is 12.0. The van der Waals surface area contributed by atoms with Crippen LogP contribution in [0.1, 0.15) is 37.0 Å². The molecule has 0 aliphatic rings. The van der Waals surface area contributed by atoms with E-state index in [1.165, 1.54) is 4.68 Å². The van der Waals surface area contributed by atoms with Gasteiger partial charge in [-0.3, -0.25) is 9.48 Å². The molecule has 0 unspecified atom stereocenters. The van der Waals surface area contributed by atoms with Crippen LogP contribution in [0.2, 0.25) is 0 Å². The smallest absolute Gasteiger partial charge is 0.359 e. The Balaban J connectivity index is 2.73. The lowest BCUT2D eigenvalue weighted by Crippen LogP contribution is -2.34. The number of hydrogen-bond acceptors (Lipinski definition) is 5. The highest BCUT2D eigenvalue weighted by molar-refractivity contribution is 5.95. The van der Waals surface area contributed by atoms with E-state index < -0.39 is 5.97 Å². The van der Waals surface area contributed by atoms with Crippen molar-refractivity contribution in [3.05, 3.63) is 11.4 Å². The van der Waals surface area contributed by atoms with E-state index in [0.29, 0.717) is 30.9 Å². The summed E-state index contributed by atoms with van der Waals surface area (Å²) >= 11 is 0. The first-order valence-electron chi connectivity index (χ1n) is 6.72. The van der Waals surface area contributed by atoms with Gasteiger partial charge in [0.25, 0.3) is 5.91 Å². The van der Waals surface area contributed by atoms with Crippen LogP contribution in [-0.2, 0) is 23.0 Å². The normalized spacial score (nSPS) is 10.4. The Kier molecular flexibility index (Phi) is 5.54. The van der Waals surface area contributed by atoms with E-state index in [1.807, 2.05) is 20.8 Å². The minimum absolute atomic E-state index is 0.189. The van der Waals surface area contributed by atoms with Crippen molar-refractivity contribution in [2.75, 3.05) is 25.4 Å². The minimum atomic E-state index is -0.627. The molecule has 7 heteroatoms. The van der Waals surface area contributed by atoms with Gasteiger partial charge >= 0.3 is 5.97 Å². The summed E-state index contributed by atoms with van der Waals surface area (Å²) in [6.45, 7) is 6.53. The van der Waals surface area contributed by atoms with Gasteiger partial charge in [-0.2, -0.15) is 5.10 Å². The Hall–Kier alpha value is -2.05. The lowest BCUT2D eigenvalue weighted by atomic mass is 10.2. The second-order valence-corrected chi connectivity index (χ2v) is 4.33. The Morgan fingerprint density at radius 1 is 1.30 bits per heavy atom. The molecular weight excluding hydrogens is 260 g/mol. The van der Waals surface area contributed by atoms with Gasteiger partial charge in [0.05, 0.1) is 11.4 Å². The number of aryl methyl sites for hydroxylation is 2. The maximum Gasteiger partial charge on any atom is 0.359 e. The molecule has 0 saturated carbocycles. The number of carbonyl (C=O) groups excluding carboxylic acids is 2. The first-order chi connectivity index (χ1) is 9.46. The van der Waals surface area contributed by atoms with Crippen LogP contribution in [0, 0.1) is 0 Å². The molecule has 1 aromatic heterocycles. The molecule has 112 valence electrons. The highest BCUT2D eigenvalue weighted by Gasteiger charge is 2.22. The van der Waals surface area contributed by atoms with Gasteiger partial charge in [-0.15, -0.1) is 0 Å². The average Bonchev–Trinajstić information content (AvgIpc) is 2.72. The third kappa shape index (κ3) is 3.28. The van der Waals surface area contributed by atoms with Crippen LogP contribution < -0.4 is 5.73 Å². The van der Waals surface area contributed by atoms with Gasteiger partial charge in [0.1, 0.15) is 0 Å². The SMILES string of the molecule is CCc1nn(C)c(C(=O)OCC(=O)N(CC)CC)c1N. The second-order valence-electron chi connectivity index (χ2n) is 4.33. The molecule has 7 nitrogen and oxygen atoms in total. The molecule has 0 atom stereocenters. The number of nitrogens with two attached hydrogens (primary N) is 1. The van der Waals surface area contributed by atoms with Crippen LogP contribution in [0.4, 0.5) is 5.69 Å². The number of carbonyl (C=O) groups is 2. The maximum absolute atomic E-state index is 12.0. The monoisotopic (exact) mass is 282 g/mol. The van der Waals surface area contributed by atoms with Crippen molar-refractivity contribution in [3.8, 4) is 0 Å². The lowest BCUT2D eigenvalue weighted by molar-refractivity contribution is -0.134. The standard InChI is InChI=1S/C13H22N4O3/c1-5-9-11(14)12(16(4)15-9)13(19)20-8-10(18)17(6-2)7-3/h5-8,14H2,1-4H3. The Morgan fingerprint density at radius 3 is 2.35 bits per heavy atom. The number of esters is 1. The number of amides is 1. The van der Waals surface area contributed by atoms with Crippen LogP contribution in [0.25, 0.3) is 0 Å². The molecule has 0 radical (unpaired) electrons. The minimum Gasteiger partial charge on any atom is -0.451 e. The fourth-order valence-corrected chi connectivity index (χ4v) is 1.96. The average molecular weight is 282 g/mol. The first kappa shape index (κ1) is 16.0. The molecule has 2 N–H and O–H groups in total. The quantitative estimate of drug-likeness (QED) is 0.771. The summed E-state index contributed by atoms with van der Waals surface area (Å²) in [4.78, 5) is 25.3. The fraction of sp³-hybridized carbons (Fsp3) is 0.615. The van der Waals surface area contributed by atoms with Crippen molar-refractivity contribution in [3.63, 3.8) is 0 Å². The van der Waals surface area contributed by atoms with Gasteiger partial charge in [0.2, 0.25) is 0 Å². The van der Waals surface area contributed by atoms with Crippen molar-refractivity contribution in [1.29, 1.82) is 0 Å². The zero-order valence-electron chi connectivity index (χ0n) is 12.5. The summed E-state index contributed by atoms with van der Waals surface area (Å²) in [5.41, 5.74) is 7.01. The summed E-state index contributed by atoms with van der Waals surface area (Å²) in [6.07, 6.45) is 0.630. The van der Waals surface area contributed by atoms with Crippen LogP contribution in [0.3, 0.4) is 0 Å². The summed E-state index contributed by atoms with van der Waals surface area (Å²) in [6, 6.07) is 0. The van der Waals surface area contributed by atoms with E-state index in [9.17, 15) is 9.59 Å². The Morgan fingerprint density at radius 2 is 1.90 bits per heavy atom. The molecule has 1 amide bonds. The van der Waals surface area contributed by atoms with Crippen molar-refractivity contribution >= 4 is 17.6 Å². The number of nitrogens with zero attached hydrogens (tertiary/aromatic N) is 3. The van der Waals surface area contributed by atoms with E-state index in [2.05, 4.69) is 5.10 Å². The topological polar surface area (TPSA) is 90.5 Å². The molecule has 20 heavy (non-hydrogen) atoms. The molecule has 1 rings (SSSR count). The number of nitrogen functional groups attached to an aromatic ring is 1. The number of aromatic nitrogens is 2. The van der Waals surface area contributed by atoms with Crippen molar-refractivity contribution in [1.82, 2.24) is 14.7 Å². The lowest BCUT2D eigenvalue weighted by Gasteiger charge is -2.18. The zero-order chi connectivity index (χ0) is 15.3. The highest BCUT2D eigenvalue weighted by Crippen LogP contribution is 2.17. The predicted molar refractivity (Wildman–Crippen MR) is 75.2 cm³/mol. The third-order valence-electron chi connectivity index (χ3n) is 3.13. The molecule has 0 bridgehead atoms. The van der Waals surface area contributed by atoms with Gasteiger partial charge in [-0.05, 0) is 20.3 Å². The van der Waals surface area contributed by atoms with Gasteiger partial charge in [0.15, 0.2) is 12.3 Å². The molecule has 0 spiro atoms. The number of likely N-dealkylation sites (N-methyl/N-ethyl adjacent to an activating group) is 1. The Bertz CT molecular complexity index is 492. The van der Waals surface area contributed by atoms with Crippen molar-refractivity contribution < 1.29 is 14.3 Å². The first-order valence-corrected chi connectivity index (χ1v) is 6.72. The highest BCUT2D eigenvalue weighted by atomic mass is 16.5. The molecule has 0 aliphatic heterocycles. The number of ether oxygens (including phenoxy) is 1. The van der Waals surface area contributed by atoms with Crippen LogP contribution in [-0.4, -0.2) is 46.3 Å². The molecule has 1 heterocycles.